The van der Waals surface area contributed by atoms with E-state index in [-0.39, 0.29) is 0 Å². The first-order chi connectivity index (χ1) is 9.24. The number of aryl methyl sites for hydroxylation is 1. The van der Waals surface area contributed by atoms with E-state index in [1.165, 1.54) is 0 Å². The van der Waals surface area contributed by atoms with E-state index >= 15 is 0 Å². The van der Waals surface area contributed by atoms with Crippen molar-refractivity contribution in [1.29, 1.82) is 0 Å². The van der Waals surface area contributed by atoms with E-state index in [2.05, 4.69) is 4.98 Å². The molecular weight excluding hydrogens is 238 g/mol. The standard InChI is InChI=1S/C16H15NO2/c1-11-5-4-8-17-13(11)10-14(18)16-9-12-6-2-3-7-15(12)19-16/h2-9,14,18H,10H2,1H3. The fourth-order valence-corrected chi connectivity index (χ4v) is 2.18. The summed E-state index contributed by atoms with van der Waals surface area (Å²) in [6.07, 6.45) is 1.54. The summed E-state index contributed by atoms with van der Waals surface area (Å²) in [5.41, 5.74) is 2.78. The van der Waals surface area contributed by atoms with E-state index in [9.17, 15) is 5.11 Å². The average Bonchev–Trinajstić information content (AvgIpc) is 2.85. The molecule has 0 bridgehead atoms. The van der Waals surface area contributed by atoms with Gasteiger partial charge in [-0.05, 0) is 30.7 Å². The second-order valence-electron chi connectivity index (χ2n) is 4.67. The number of furan rings is 1. The molecular formula is C16H15NO2. The predicted octanol–water partition coefficient (Wildman–Crippen LogP) is 3.41. The maximum Gasteiger partial charge on any atom is 0.134 e. The summed E-state index contributed by atoms with van der Waals surface area (Å²) < 4.78 is 5.66. The van der Waals surface area contributed by atoms with Crippen LogP contribution in [0.5, 0.6) is 0 Å². The molecule has 96 valence electrons. The minimum atomic E-state index is -0.666. The second kappa shape index (κ2) is 4.86. The summed E-state index contributed by atoms with van der Waals surface area (Å²) in [4.78, 5) is 4.30. The van der Waals surface area contributed by atoms with Gasteiger partial charge in [-0.3, -0.25) is 4.98 Å². The fourth-order valence-electron chi connectivity index (χ4n) is 2.18. The van der Waals surface area contributed by atoms with E-state index in [4.69, 9.17) is 4.42 Å². The van der Waals surface area contributed by atoms with Gasteiger partial charge >= 0.3 is 0 Å². The molecule has 0 aliphatic rings. The molecule has 0 saturated carbocycles. The van der Waals surface area contributed by atoms with Gasteiger partial charge in [0.1, 0.15) is 17.4 Å². The Morgan fingerprint density at radius 3 is 2.84 bits per heavy atom. The van der Waals surface area contributed by atoms with Crippen molar-refractivity contribution in [3.8, 4) is 0 Å². The smallest absolute Gasteiger partial charge is 0.134 e. The molecule has 0 saturated heterocycles. The molecule has 0 aliphatic heterocycles. The van der Waals surface area contributed by atoms with Crippen molar-refractivity contribution in [3.63, 3.8) is 0 Å². The second-order valence-corrected chi connectivity index (χ2v) is 4.67. The third kappa shape index (κ3) is 2.37. The quantitative estimate of drug-likeness (QED) is 0.778. The lowest BCUT2D eigenvalue weighted by atomic mass is 10.1. The molecule has 1 N–H and O–H groups in total. The highest BCUT2D eigenvalue weighted by Crippen LogP contribution is 2.26. The lowest BCUT2D eigenvalue weighted by molar-refractivity contribution is 0.151. The van der Waals surface area contributed by atoms with Crippen LogP contribution in [0.3, 0.4) is 0 Å². The highest BCUT2D eigenvalue weighted by Gasteiger charge is 2.15. The summed E-state index contributed by atoms with van der Waals surface area (Å²) in [5, 5.41) is 11.3. The molecule has 19 heavy (non-hydrogen) atoms. The maximum absolute atomic E-state index is 10.3. The molecule has 3 heteroatoms. The van der Waals surface area contributed by atoms with E-state index in [1.807, 2.05) is 49.4 Å². The van der Waals surface area contributed by atoms with Gasteiger partial charge in [-0.25, -0.2) is 0 Å². The number of para-hydroxylation sites is 1. The van der Waals surface area contributed by atoms with Gasteiger partial charge in [-0.2, -0.15) is 0 Å². The van der Waals surface area contributed by atoms with Crippen molar-refractivity contribution in [2.45, 2.75) is 19.4 Å². The van der Waals surface area contributed by atoms with Crippen molar-refractivity contribution in [2.24, 2.45) is 0 Å². The van der Waals surface area contributed by atoms with Crippen molar-refractivity contribution in [1.82, 2.24) is 4.98 Å². The van der Waals surface area contributed by atoms with E-state index in [0.29, 0.717) is 12.2 Å². The number of rotatable bonds is 3. The summed E-state index contributed by atoms with van der Waals surface area (Å²) in [5.74, 6) is 0.589. The Morgan fingerprint density at radius 1 is 1.21 bits per heavy atom. The van der Waals surface area contributed by atoms with E-state index in [0.717, 1.165) is 22.2 Å². The Bertz CT molecular complexity index is 670. The molecule has 0 radical (unpaired) electrons. The van der Waals surface area contributed by atoms with Gasteiger partial charge in [0.25, 0.3) is 0 Å². The Labute approximate surface area is 111 Å². The molecule has 0 spiro atoms. The Morgan fingerprint density at radius 2 is 2.05 bits per heavy atom. The van der Waals surface area contributed by atoms with Gasteiger partial charge in [0.05, 0.1) is 0 Å². The lowest BCUT2D eigenvalue weighted by Gasteiger charge is -2.08. The van der Waals surface area contributed by atoms with Gasteiger partial charge in [0, 0.05) is 23.7 Å². The summed E-state index contributed by atoms with van der Waals surface area (Å²) in [6.45, 7) is 1.99. The van der Waals surface area contributed by atoms with Crippen LogP contribution >= 0.6 is 0 Å². The highest BCUT2D eigenvalue weighted by molar-refractivity contribution is 5.77. The van der Waals surface area contributed by atoms with Crippen LogP contribution in [-0.2, 0) is 6.42 Å². The van der Waals surface area contributed by atoms with Crippen LogP contribution in [-0.4, -0.2) is 10.1 Å². The van der Waals surface area contributed by atoms with Crippen molar-refractivity contribution in [3.05, 3.63) is 65.7 Å². The summed E-state index contributed by atoms with van der Waals surface area (Å²) >= 11 is 0. The third-order valence-electron chi connectivity index (χ3n) is 3.28. The zero-order chi connectivity index (χ0) is 13.2. The molecule has 3 nitrogen and oxygen atoms in total. The number of aliphatic hydroxyl groups excluding tert-OH is 1. The molecule has 3 rings (SSSR count). The molecule has 2 heterocycles. The number of hydrogen-bond donors (Lipinski definition) is 1. The van der Waals surface area contributed by atoms with Gasteiger partial charge < -0.3 is 9.52 Å². The van der Waals surface area contributed by atoms with Crippen molar-refractivity contribution < 1.29 is 9.52 Å². The molecule has 1 unspecified atom stereocenters. The highest BCUT2D eigenvalue weighted by atomic mass is 16.4. The largest absolute Gasteiger partial charge is 0.458 e. The van der Waals surface area contributed by atoms with E-state index in [1.54, 1.807) is 6.20 Å². The van der Waals surface area contributed by atoms with Gasteiger partial charge in [-0.1, -0.05) is 24.3 Å². The summed E-state index contributed by atoms with van der Waals surface area (Å²) in [6, 6.07) is 13.5. The zero-order valence-electron chi connectivity index (χ0n) is 10.7. The average molecular weight is 253 g/mol. The van der Waals surface area contributed by atoms with Crippen LogP contribution in [0.4, 0.5) is 0 Å². The van der Waals surface area contributed by atoms with Gasteiger partial charge in [0.2, 0.25) is 0 Å². The third-order valence-corrected chi connectivity index (χ3v) is 3.28. The van der Waals surface area contributed by atoms with Crippen LogP contribution in [0.15, 0.2) is 53.1 Å². The monoisotopic (exact) mass is 253 g/mol. The molecule has 2 aromatic heterocycles. The number of benzene rings is 1. The number of fused-ring (bicyclic) bond motifs is 1. The van der Waals surface area contributed by atoms with Crippen LogP contribution in [0, 0.1) is 6.92 Å². The van der Waals surface area contributed by atoms with Gasteiger partial charge in [0.15, 0.2) is 0 Å². The normalized spacial score (nSPS) is 12.7. The van der Waals surface area contributed by atoms with Gasteiger partial charge in [-0.15, -0.1) is 0 Å². The number of aliphatic hydroxyl groups is 1. The molecule has 0 amide bonds. The lowest BCUT2D eigenvalue weighted by Crippen LogP contribution is -2.03. The van der Waals surface area contributed by atoms with Crippen LogP contribution < -0.4 is 0 Å². The number of nitrogens with zero attached hydrogens (tertiary/aromatic N) is 1. The SMILES string of the molecule is Cc1cccnc1CC(O)c1cc2ccccc2o1. The Kier molecular flexibility index (Phi) is 3.05. The Hall–Kier alpha value is -2.13. The van der Waals surface area contributed by atoms with Crippen LogP contribution in [0.25, 0.3) is 11.0 Å². The predicted molar refractivity (Wildman–Crippen MR) is 73.9 cm³/mol. The molecule has 3 aromatic rings. The summed E-state index contributed by atoms with van der Waals surface area (Å²) in [7, 11) is 0. The molecule has 1 atom stereocenters. The number of hydrogen-bond acceptors (Lipinski definition) is 3. The first-order valence-electron chi connectivity index (χ1n) is 6.31. The molecule has 0 aliphatic carbocycles. The van der Waals surface area contributed by atoms with Crippen LogP contribution in [0.1, 0.15) is 23.1 Å². The minimum absolute atomic E-state index is 0.465. The molecule has 1 aromatic carbocycles. The van der Waals surface area contributed by atoms with Crippen molar-refractivity contribution >= 4 is 11.0 Å². The zero-order valence-corrected chi connectivity index (χ0v) is 10.7. The van der Waals surface area contributed by atoms with E-state index < -0.39 is 6.10 Å². The van der Waals surface area contributed by atoms with Crippen LogP contribution in [0.2, 0.25) is 0 Å². The minimum Gasteiger partial charge on any atom is -0.458 e. The first-order valence-corrected chi connectivity index (χ1v) is 6.31. The Balaban J connectivity index is 1.87. The molecule has 0 fully saturated rings. The maximum atomic E-state index is 10.3. The first kappa shape index (κ1) is 11.9. The number of aromatic nitrogens is 1. The number of pyridine rings is 1. The topological polar surface area (TPSA) is 46.3 Å². The fraction of sp³-hybridized carbons (Fsp3) is 0.188. The van der Waals surface area contributed by atoms with Crippen molar-refractivity contribution in [2.75, 3.05) is 0 Å².